The second-order valence-corrected chi connectivity index (χ2v) is 3.29. The second kappa shape index (κ2) is 3.31. The van der Waals surface area contributed by atoms with Crippen LogP contribution in [0.1, 0.15) is 16.1 Å². The van der Waals surface area contributed by atoms with Gasteiger partial charge in [-0.2, -0.15) is 0 Å². The normalized spacial score (nSPS) is 10.5. The van der Waals surface area contributed by atoms with Crippen LogP contribution in [0.2, 0.25) is 0 Å². The van der Waals surface area contributed by atoms with Crippen molar-refractivity contribution in [1.82, 2.24) is 0 Å². The molecule has 0 bridgehead atoms. The molecule has 0 saturated carbocycles. The third kappa shape index (κ3) is 1.34. The minimum Gasteiger partial charge on any atom is -0.475 e. The van der Waals surface area contributed by atoms with Crippen molar-refractivity contribution in [3.8, 4) is 0 Å². The fraction of sp³-hybridized carbons (Fsp3) is 0.182. The average Bonchev–Trinajstić information content (AvgIpc) is 2.56. The molecule has 0 aliphatic heterocycles. The first-order valence-corrected chi connectivity index (χ1v) is 4.58. The molecule has 2 aromatic rings. The van der Waals surface area contributed by atoms with Crippen LogP contribution in [0, 0.1) is 6.92 Å². The van der Waals surface area contributed by atoms with E-state index >= 15 is 0 Å². The maximum atomic E-state index is 10.9. The molecule has 2 N–H and O–H groups in total. The number of furan rings is 1. The van der Waals surface area contributed by atoms with Gasteiger partial charge in [0.15, 0.2) is 0 Å². The lowest BCUT2D eigenvalue weighted by Gasteiger charge is -2.00. The minimum atomic E-state index is -1.04. The number of fused-ring (bicyclic) bond motifs is 1. The predicted molar refractivity (Wildman–Crippen MR) is 57.5 cm³/mol. The van der Waals surface area contributed by atoms with Crippen LogP contribution in [-0.4, -0.2) is 18.1 Å². The molecule has 4 nitrogen and oxygen atoms in total. The highest BCUT2D eigenvalue weighted by Gasteiger charge is 2.17. The van der Waals surface area contributed by atoms with E-state index in [0.29, 0.717) is 11.1 Å². The molecule has 0 saturated heterocycles. The van der Waals surface area contributed by atoms with Crippen LogP contribution in [-0.2, 0) is 0 Å². The zero-order valence-electron chi connectivity index (χ0n) is 8.50. The Morgan fingerprint density at radius 1 is 1.47 bits per heavy atom. The number of carboxylic acids is 1. The Morgan fingerprint density at radius 2 is 2.20 bits per heavy atom. The molecule has 0 amide bonds. The summed E-state index contributed by atoms with van der Waals surface area (Å²) < 4.78 is 5.26. The molecule has 0 atom stereocenters. The fourth-order valence-corrected chi connectivity index (χ4v) is 1.72. The van der Waals surface area contributed by atoms with Crippen LogP contribution in [0.15, 0.2) is 22.6 Å². The SMILES string of the molecule is CNc1cccc2oc(C(=O)O)c(C)c12. The lowest BCUT2D eigenvalue weighted by atomic mass is 10.1. The van der Waals surface area contributed by atoms with Crippen LogP contribution in [0.5, 0.6) is 0 Å². The number of hydrogen-bond acceptors (Lipinski definition) is 3. The molecular weight excluding hydrogens is 194 g/mol. The number of benzene rings is 1. The molecular formula is C11H11NO3. The van der Waals surface area contributed by atoms with Gasteiger partial charge < -0.3 is 14.8 Å². The first-order chi connectivity index (χ1) is 7.15. The van der Waals surface area contributed by atoms with Gasteiger partial charge in [0.05, 0.1) is 0 Å². The summed E-state index contributed by atoms with van der Waals surface area (Å²) >= 11 is 0. The van der Waals surface area contributed by atoms with Gasteiger partial charge in [-0.25, -0.2) is 4.79 Å². The predicted octanol–water partition coefficient (Wildman–Crippen LogP) is 2.48. The van der Waals surface area contributed by atoms with Crippen LogP contribution in [0.3, 0.4) is 0 Å². The summed E-state index contributed by atoms with van der Waals surface area (Å²) in [5.41, 5.74) is 2.13. The van der Waals surface area contributed by atoms with Crippen molar-refractivity contribution in [1.29, 1.82) is 0 Å². The van der Waals surface area contributed by atoms with Crippen molar-refractivity contribution < 1.29 is 14.3 Å². The van der Waals surface area contributed by atoms with Gasteiger partial charge in [-0.15, -0.1) is 0 Å². The third-order valence-electron chi connectivity index (χ3n) is 2.42. The lowest BCUT2D eigenvalue weighted by molar-refractivity contribution is 0.0664. The van der Waals surface area contributed by atoms with Gasteiger partial charge in [0, 0.05) is 23.7 Å². The number of carbonyl (C=O) groups is 1. The van der Waals surface area contributed by atoms with E-state index in [1.807, 2.05) is 12.1 Å². The Hall–Kier alpha value is -1.97. The van der Waals surface area contributed by atoms with Crippen molar-refractivity contribution >= 4 is 22.6 Å². The highest BCUT2D eigenvalue weighted by Crippen LogP contribution is 2.31. The molecule has 0 unspecified atom stereocenters. The standard InChI is InChI=1S/C11H11NO3/c1-6-9-7(12-2)4-3-5-8(9)15-10(6)11(13)14/h3-5,12H,1-2H3,(H,13,14). The van der Waals surface area contributed by atoms with E-state index in [-0.39, 0.29) is 5.76 Å². The van der Waals surface area contributed by atoms with Gasteiger partial charge in [0.1, 0.15) is 5.58 Å². The van der Waals surface area contributed by atoms with Crippen LogP contribution in [0.4, 0.5) is 5.69 Å². The molecule has 1 aromatic heterocycles. The molecule has 2 rings (SSSR count). The summed E-state index contributed by atoms with van der Waals surface area (Å²) in [5.74, 6) is -1.03. The molecule has 0 radical (unpaired) electrons. The maximum Gasteiger partial charge on any atom is 0.372 e. The molecule has 4 heteroatoms. The van der Waals surface area contributed by atoms with Crippen molar-refractivity contribution in [2.75, 3.05) is 12.4 Å². The Morgan fingerprint density at radius 3 is 2.80 bits per heavy atom. The Labute approximate surface area is 86.5 Å². The number of carboxylic acid groups (broad SMARTS) is 1. The Balaban J connectivity index is 2.82. The molecule has 0 aliphatic rings. The summed E-state index contributed by atoms with van der Waals surface area (Å²) in [6, 6.07) is 5.47. The first-order valence-electron chi connectivity index (χ1n) is 4.58. The van der Waals surface area contributed by atoms with Crippen molar-refractivity contribution in [3.05, 3.63) is 29.5 Å². The molecule has 15 heavy (non-hydrogen) atoms. The average molecular weight is 205 g/mol. The molecule has 78 valence electrons. The summed E-state index contributed by atoms with van der Waals surface area (Å²) in [5, 5.41) is 12.8. The quantitative estimate of drug-likeness (QED) is 0.790. The van der Waals surface area contributed by atoms with Crippen LogP contribution in [0.25, 0.3) is 11.0 Å². The van der Waals surface area contributed by atoms with E-state index in [2.05, 4.69) is 5.32 Å². The maximum absolute atomic E-state index is 10.9. The summed E-state index contributed by atoms with van der Waals surface area (Å²) in [7, 11) is 1.79. The monoisotopic (exact) mass is 205 g/mol. The molecule has 1 heterocycles. The van der Waals surface area contributed by atoms with Gasteiger partial charge in [-0.3, -0.25) is 0 Å². The topological polar surface area (TPSA) is 62.5 Å². The number of aryl methyl sites for hydroxylation is 1. The number of aromatic carboxylic acids is 1. The van der Waals surface area contributed by atoms with Crippen molar-refractivity contribution in [2.24, 2.45) is 0 Å². The molecule has 0 spiro atoms. The number of rotatable bonds is 2. The Kier molecular flexibility index (Phi) is 2.11. The van der Waals surface area contributed by atoms with Gasteiger partial charge in [-0.05, 0) is 19.1 Å². The second-order valence-electron chi connectivity index (χ2n) is 3.29. The van der Waals surface area contributed by atoms with Gasteiger partial charge in [0.2, 0.25) is 5.76 Å². The first kappa shape index (κ1) is 9.58. The number of nitrogens with one attached hydrogen (secondary N) is 1. The Bertz CT molecular complexity index is 528. The van der Waals surface area contributed by atoms with Crippen molar-refractivity contribution in [2.45, 2.75) is 6.92 Å². The summed E-state index contributed by atoms with van der Waals surface area (Å²) in [6.07, 6.45) is 0. The molecule has 0 aliphatic carbocycles. The summed E-state index contributed by atoms with van der Waals surface area (Å²) in [4.78, 5) is 10.9. The van der Waals surface area contributed by atoms with Gasteiger partial charge in [-0.1, -0.05) is 6.07 Å². The van der Waals surface area contributed by atoms with E-state index in [1.54, 1.807) is 20.0 Å². The van der Waals surface area contributed by atoms with E-state index in [4.69, 9.17) is 9.52 Å². The smallest absolute Gasteiger partial charge is 0.372 e. The lowest BCUT2D eigenvalue weighted by Crippen LogP contribution is -1.95. The van der Waals surface area contributed by atoms with E-state index in [0.717, 1.165) is 11.1 Å². The largest absolute Gasteiger partial charge is 0.475 e. The zero-order chi connectivity index (χ0) is 11.0. The molecule has 0 fully saturated rings. The van der Waals surface area contributed by atoms with E-state index in [1.165, 1.54) is 0 Å². The third-order valence-corrected chi connectivity index (χ3v) is 2.42. The zero-order valence-corrected chi connectivity index (χ0v) is 8.50. The fourth-order valence-electron chi connectivity index (χ4n) is 1.72. The van der Waals surface area contributed by atoms with Crippen LogP contribution < -0.4 is 5.32 Å². The number of hydrogen-bond donors (Lipinski definition) is 2. The number of anilines is 1. The minimum absolute atomic E-state index is 0.00713. The highest BCUT2D eigenvalue weighted by atomic mass is 16.4. The van der Waals surface area contributed by atoms with E-state index in [9.17, 15) is 4.79 Å². The van der Waals surface area contributed by atoms with Crippen LogP contribution >= 0.6 is 0 Å². The molecule has 1 aromatic carbocycles. The van der Waals surface area contributed by atoms with Crippen molar-refractivity contribution in [3.63, 3.8) is 0 Å². The highest BCUT2D eigenvalue weighted by molar-refractivity contribution is 6.00. The van der Waals surface area contributed by atoms with Gasteiger partial charge >= 0.3 is 5.97 Å². The van der Waals surface area contributed by atoms with Gasteiger partial charge in [0.25, 0.3) is 0 Å². The summed E-state index contributed by atoms with van der Waals surface area (Å²) in [6.45, 7) is 1.75. The van der Waals surface area contributed by atoms with E-state index < -0.39 is 5.97 Å².